The van der Waals surface area contributed by atoms with Crippen LogP contribution in [0.4, 0.5) is 0 Å². The first-order chi connectivity index (χ1) is 10.1. The lowest BCUT2D eigenvalue weighted by atomic mass is 10.0. The first-order valence-electron chi connectivity index (χ1n) is 7.09. The van der Waals surface area contributed by atoms with Crippen LogP contribution in [-0.2, 0) is 11.2 Å². The van der Waals surface area contributed by atoms with E-state index in [1.165, 1.54) is 5.56 Å². The Bertz CT molecular complexity index is 573. The van der Waals surface area contributed by atoms with Crippen molar-refractivity contribution < 1.29 is 14.6 Å². The number of rotatable bonds is 6. The number of carboxylic acids is 1. The molecule has 0 saturated carbocycles. The van der Waals surface area contributed by atoms with Crippen molar-refractivity contribution in [1.29, 1.82) is 0 Å². The number of ether oxygens (including phenoxy) is 1. The zero-order chi connectivity index (χ0) is 15.2. The first-order valence-corrected chi connectivity index (χ1v) is 7.09. The van der Waals surface area contributed by atoms with Crippen molar-refractivity contribution >= 4 is 5.97 Å². The number of carbonyl (C=O) groups is 1. The number of hydrogen-bond donors (Lipinski definition) is 1. The molecule has 0 aliphatic carbocycles. The van der Waals surface area contributed by atoms with Gasteiger partial charge in [-0.2, -0.15) is 0 Å². The van der Waals surface area contributed by atoms with Crippen LogP contribution in [0.5, 0.6) is 5.75 Å². The lowest BCUT2D eigenvalue weighted by Gasteiger charge is -2.16. The Labute approximate surface area is 125 Å². The molecule has 0 radical (unpaired) electrons. The predicted octanol–water partition coefficient (Wildman–Crippen LogP) is 3.88. The number of benzene rings is 2. The molecule has 0 aliphatic rings. The Morgan fingerprint density at radius 1 is 1.05 bits per heavy atom. The van der Waals surface area contributed by atoms with Crippen molar-refractivity contribution in [1.82, 2.24) is 0 Å². The number of hydrogen-bond acceptors (Lipinski definition) is 2. The summed E-state index contributed by atoms with van der Waals surface area (Å²) in [4.78, 5) is 11.4. The van der Waals surface area contributed by atoms with Crippen molar-refractivity contribution in [2.24, 2.45) is 0 Å². The third-order valence-electron chi connectivity index (χ3n) is 3.36. The molecule has 0 saturated heterocycles. The van der Waals surface area contributed by atoms with Crippen LogP contribution in [0.2, 0.25) is 0 Å². The van der Waals surface area contributed by atoms with Crippen LogP contribution in [0.1, 0.15) is 30.9 Å². The molecule has 0 aromatic heterocycles. The van der Waals surface area contributed by atoms with E-state index in [0.29, 0.717) is 18.1 Å². The Morgan fingerprint density at radius 3 is 2.19 bits per heavy atom. The van der Waals surface area contributed by atoms with E-state index in [1.54, 1.807) is 0 Å². The Hall–Kier alpha value is -2.29. The SMILES string of the molecule is CC(C)c1ccc(O[C@@H](Cc2ccccc2)C(=O)O)cc1. The summed E-state index contributed by atoms with van der Waals surface area (Å²) in [6, 6.07) is 17.1. The third kappa shape index (κ3) is 4.35. The van der Waals surface area contributed by atoms with E-state index < -0.39 is 12.1 Å². The van der Waals surface area contributed by atoms with E-state index >= 15 is 0 Å². The number of carboxylic acid groups (broad SMARTS) is 1. The van der Waals surface area contributed by atoms with Gasteiger partial charge in [-0.05, 0) is 29.2 Å². The Morgan fingerprint density at radius 2 is 1.67 bits per heavy atom. The van der Waals surface area contributed by atoms with Crippen LogP contribution < -0.4 is 4.74 Å². The van der Waals surface area contributed by atoms with Crippen molar-refractivity contribution in [3.63, 3.8) is 0 Å². The zero-order valence-corrected chi connectivity index (χ0v) is 12.3. The van der Waals surface area contributed by atoms with Crippen LogP contribution in [-0.4, -0.2) is 17.2 Å². The standard InChI is InChI=1S/C18H20O3/c1-13(2)15-8-10-16(11-9-15)21-17(18(19)20)12-14-6-4-3-5-7-14/h3-11,13,17H,12H2,1-2H3,(H,19,20)/t17-/m0/s1. The molecular formula is C18H20O3. The van der Waals surface area contributed by atoms with Crippen LogP contribution in [0.25, 0.3) is 0 Å². The topological polar surface area (TPSA) is 46.5 Å². The van der Waals surface area contributed by atoms with E-state index in [1.807, 2.05) is 54.6 Å². The van der Waals surface area contributed by atoms with Gasteiger partial charge in [0.15, 0.2) is 6.10 Å². The maximum atomic E-state index is 11.4. The smallest absolute Gasteiger partial charge is 0.345 e. The molecule has 0 heterocycles. The van der Waals surface area contributed by atoms with E-state index in [-0.39, 0.29) is 0 Å². The zero-order valence-electron chi connectivity index (χ0n) is 12.3. The van der Waals surface area contributed by atoms with Gasteiger partial charge in [0.2, 0.25) is 0 Å². The minimum atomic E-state index is -0.952. The minimum Gasteiger partial charge on any atom is -0.478 e. The quantitative estimate of drug-likeness (QED) is 0.875. The van der Waals surface area contributed by atoms with Crippen molar-refractivity contribution in [2.75, 3.05) is 0 Å². The Balaban J connectivity index is 2.07. The second-order valence-electron chi connectivity index (χ2n) is 5.36. The summed E-state index contributed by atoms with van der Waals surface area (Å²) < 4.78 is 5.62. The molecule has 1 atom stereocenters. The van der Waals surface area contributed by atoms with Crippen LogP contribution in [0.3, 0.4) is 0 Å². The molecular weight excluding hydrogens is 264 g/mol. The second-order valence-corrected chi connectivity index (χ2v) is 5.36. The summed E-state index contributed by atoms with van der Waals surface area (Å²) >= 11 is 0. The van der Waals surface area contributed by atoms with E-state index in [0.717, 1.165) is 5.56 Å². The average Bonchev–Trinajstić information content (AvgIpc) is 2.48. The summed E-state index contributed by atoms with van der Waals surface area (Å²) in [5.41, 5.74) is 2.15. The Kier molecular flexibility index (Phi) is 4.99. The molecule has 0 fully saturated rings. The van der Waals surface area contributed by atoms with Crippen molar-refractivity contribution in [3.05, 3.63) is 65.7 Å². The van der Waals surface area contributed by atoms with E-state index in [2.05, 4.69) is 13.8 Å². The summed E-state index contributed by atoms with van der Waals surface area (Å²) in [7, 11) is 0. The monoisotopic (exact) mass is 284 g/mol. The highest BCUT2D eigenvalue weighted by Crippen LogP contribution is 2.20. The maximum absolute atomic E-state index is 11.4. The van der Waals surface area contributed by atoms with Gasteiger partial charge in [0, 0.05) is 6.42 Å². The molecule has 0 bridgehead atoms. The van der Waals surface area contributed by atoms with Gasteiger partial charge in [0.1, 0.15) is 5.75 Å². The fraction of sp³-hybridized carbons (Fsp3) is 0.278. The molecule has 1 N–H and O–H groups in total. The molecule has 21 heavy (non-hydrogen) atoms. The molecule has 2 aromatic carbocycles. The molecule has 3 nitrogen and oxygen atoms in total. The summed E-state index contributed by atoms with van der Waals surface area (Å²) in [5, 5.41) is 9.31. The van der Waals surface area contributed by atoms with Gasteiger partial charge in [0.25, 0.3) is 0 Å². The number of aliphatic carboxylic acids is 1. The third-order valence-corrected chi connectivity index (χ3v) is 3.36. The largest absolute Gasteiger partial charge is 0.478 e. The van der Waals surface area contributed by atoms with Crippen LogP contribution >= 0.6 is 0 Å². The second kappa shape index (κ2) is 6.93. The van der Waals surface area contributed by atoms with E-state index in [4.69, 9.17) is 4.74 Å². The summed E-state index contributed by atoms with van der Waals surface area (Å²) in [5.74, 6) is 0.0770. The maximum Gasteiger partial charge on any atom is 0.345 e. The summed E-state index contributed by atoms with van der Waals surface area (Å²) in [6.07, 6.45) is -0.528. The van der Waals surface area contributed by atoms with Gasteiger partial charge in [0.05, 0.1) is 0 Å². The molecule has 0 amide bonds. The van der Waals surface area contributed by atoms with Crippen molar-refractivity contribution in [2.45, 2.75) is 32.3 Å². The van der Waals surface area contributed by atoms with Gasteiger partial charge in [-0.3, -0.25) is 0 Å². The van der Waals surface area contributed by atoms with Gasteiger partial charge >= 0.3 is 5.97 Å². The van der Waals surface area contributed by atoms with Gasteiger partial charge < -0.3 is 9.84 Å². The van der Waals surface area contributed by atoms with Gasteiger partial charge in [-0.25, -0.2) is 4.79 Å². The van der Waals surface area contributed by atoms with E-state index in [9.17, 15) is 9.90 Å². The highest BCUT2D eigenvalue weighted by molar-refractivity contribution is 5.73. The lowest BCUT2D eigenvalue weighted by molar-refractivity contribution is -0.145. The molecule has 0 unspecified atom stereocenters. The fourth-order valence-corrected chi connectivity index (χ4v) is 2.10. The molecule has 2 rings (SSSR count). The molecule has 3 heteroatoms. The average molecular weight is 284 g/mol. The molecule has 2 aromatic rings. The normalized spacial score (nSPS) is 12.1. The molecule has 110 valence electrons. The van der Waals surface area contributed by atoms with Gasteiger partial charge in [-0.15, -0.1) is 0 Å². The highest BCUT2D eigenvalue weighted by Gasteiger charge is 2.20. The molecule has 0 spiro atoms. The fourth-order valence-electron chi connectivity index (χ4n) is 2.10. The van der Waals surface area contributed by atoms with Crippen molar-refractivity contribution in [3.8, 4) is 5.75 Å². The molecule has 0 aliphatic heterocycles. The summed E-state index contributed by atoms with van der Waals surface area (Å²) in [6.45, 7) is 4.23. The van der Waals surface area contributed by atoms with Gasteiger partial charge in [-0.1, -0.05) is 56.3 Å². The lowest BCUT2D eigenvalue weighted by Crippen LogP contribution is -2.29. The van der Waals surface area contributed by atoms with Crippen LogP contribution in [0.15, 0.2) is 54.6 Å². The predicted molar refractivity (Wildman–Crippen MR) is 82.7 cm³/mol. The first kappa shape index (κ1) is 15.1. The van der Waals surface area contributed by atoms with Crippen LogP contribution in [0, 0.1) is 0 Å². The minimum absolute atomic E-state index is 0.349. The highest BCUT2D eigenvalue weighted by atomic mass is 16.5.